The van der Waals surface area contributed by atoms with Crippen LogP contribution in [0.15, 0.2) is 24.3 Å². The third-order valence-electron chi connectivity index (χ3n) is 2.52. The summed E-state index contributed by atoms with van der Waals surface area (Å²) in [5.41, 5.74) is 8.56. The smallest absolute Gasteiger partial charge is 0.0708 e. The van der Waals surface area contributed by atoms with Crippen LogP contribution in [-0.4, -0.2) is 4.98 Å². The highest BCUT2D eigenvalue weighted by molar-refractivity contribution is 6.31. The predicted octanol–water partition coefficient (Wildman–Crippen LogP) is 3.77. The highest BCUT2D eigenvalue weighted by Gasteiger charge is 2.19. The van der Waals surface area contributed by atoms with Gasteiger partial charge < -0.3 is 5.73 Å². The lowest BCUT2D eigenvalue weighted by atomic mass is 9.90. The molecule has 2 rings (SSSR count). The Balaban J connectivity index is 2.72. The summed E-state index contributed by atoms with van der Waals surface area (Å²) < 4.78 is 0. The third-order valence-corrected chi connectivity index (χ3v) is 2.75. The first-order chi connectivity index (χ1) is 7.38. The van der Waals surface area contributed by atoms with Crippen molar-refractivity contribution in [1.29, 1.82) is 0 Å². The molecule has 1 aromatic carbocycles. The molecule has 1 aromatic heterocycles. The van der Waals surface area contributed by atoms with Crippen molar-refractivity contribution in [2.75, 3.05) is 5.73 Å². The maximum Gasteiger partial charge on any atom is 0.0708 e. The van der Waals surface area contributed by atoms with E-state index in [2.05, 4.69) is 25.8 Å². The molecule has 0 unspecified atom stereocenters. The van der Waals surface area contributed by atoms with E-state index in [-0.39, 0.29) is 5.41 Å². The number of aromatic nitrogens is 1. The van der Waals surface area contributed by atoms with Crippen molar-refractivity contribution in [3.63, 3.8) is 0 Å². The molecule has 2 N–H and O–H groups in total. The van der Waals surface area contributed by atoms with Crippen LogP contribution in [0.3, 0.4) is 0 Å². The van der Waals surface area contributed by atoms with E-state index in [1.54, 1.807) is 0 Å². The van der Waals surface area contributed by atoms with Gasteiger partial charge in [-0.05, 0) is 24.3 Å². The Kier molecular flexibility index (Phi) is 2.55. The summed E-state index contributed by atoms with van der Waals surface area (Å²) in [6, 6.07) is 7.59. The summed E-state index contributed by atoms with van der Waals surface area (Å²) in [5.74, 6) is 0. The van der Waals surface area contributed by atoms with Crippen molar-refractivity contribution in [3.05, 3.63) is 35.0 Å². The van der Waals surface area contributed by atoms with Gasteiger partial charge in [-0.1, -0.05) is 32.4 Å². The molecular formula is C13H15ClN2. The molecule has 0 saturated carbocycles. The lowest BCUT2D eigenvalue weighted by Gasteiger charge is -2.20. The lowest BCUT2D eigenvalue weighted by Crippen LogP contribution is -2.16. The van der Waals surface area contributed by atoms with Gasteiger partial charge in [0.25, 0.3) is 0 Å². The molecule has 84 valence electrons. The Morgan fingerprint density at radius 3 is 2.50 bits per heavy atom. The van der Waals surface area contributed by atoms with Gasteiger partial charge in [0.1, 0.15) is 0 Å². The van der Waals surface area contributed by atoms with E-state index in [4.69, 9.17) is 17.3 Å². The van der Waals surface area contributed by atoms with Crippen LogP contribution in [0, 0.1) is 0 Å². The van der Waals surface area contributed by atoms with Crippen LogP contribution in [0.4, 0.5) is 5.69 Å². The lowest BCUT2D eigenvalue weighted by molar-refractivity contribution is 0.574. The minimum Gasteiger partial charge on any atom is -0.397 e. The van der Waals surface area contributed by atoms with Crippen molar-refractivity contribution in [2.45, 2.75) is 26.2 Å². The van der Waals surface area contributed by atoms with Crippen molar-refractivity contribution in [2.24, 2.45) is 0 Å². The average molecular weight is 235 g/mol. The summed E-state index contributed by atoms with van der Waals surface area (Å²) in [6.45, 7) is 6.31. The number of rotatable bonds is 0. The molecule has 0 amide bonds. The van der Waals surface area contributed by atoms with Crippen LogP contribution in [0.1, 0.15) is 26.5 Å². The van der Waals surface area contributed by atoms with Gasteiger partial charge in [-0.25, -0.2) is 0 Å². The number of halogens is 1. The molecule has 0 radical (unpaired) electrons. The monoisotopic (exact) mass is 234 g/mol. The van der Waals surface area contributed by atoms with E-state index in [9.17, 15) is 0 Å². The van der Waals surface area contributed by atoms with Crippen LogP contribution in [0.25, 0.3) is 10.9 Å². The van der Waals surface area contributed by atoms with Gasteiger partial charge in [-0.2, -0.15) is 0 Å². The molecule has 0 bridgehead atoms. The quantitative estimate of drug-likeness (QED) is 0.754. The van der Waals surface area contributed by atoms with Crippen LogP contribution >= 0.6 is 11.6 Å². The molecule has 16 heavy (non-hydrogen) atoms. The van der Waals surface area contributed by atoms with E-state index >= 15 is 0 Å². The number of nitrogens with zero attached hydrogens (tertiary/aromatic N) is 1. The summed E-state index contributed by atoms with van der Waals surface area (Å²) in [6.07, 6.45) is 0. The SMILES string of the molecule is CC(C)(C)c1nc2ccc(Cl)cc2cc1N. The highest BCUT2D eigenvalue weighted by atomic mass is 35.5. The normalized spacial score (nSPS) is 12.0. The van der Waals surface area contributed by atoms with Crippen molar-refractivity contribution >= 4 is 28.2 Å². The number of fused-ring (bicyclic) bond motifs is 1. The third kappa shape index (κ3) is 1.98. The first-order valence-corrected chi connectivity index (χ1v) is 5.62. The highest BCUT2D eigenvalue weighted by Crippen LogP contribution is 2.29. The zero-order valence-corrected chi connectivity index (χ0v) is 10.5. The van der Waals surface area contributed by atoms with Gasteiger partial charge in [0.05, 0.1) is 16.9 Å². The Morgan fingerprint density at radius 1 is 1.19 bits per heavy atom. The number of pyridine rings is 1. The molecule has 1 heterocycles. The van der Waals surface area contributed by atoms with Crippen LogP contribution in [0.2, 0.25) is 5.02 Å². The van der Waals surface area contributed by atoms with Crippen LogP contribution in [-0.2, 0) is 5.41 Å². The Labute approximate surface area is 100 Å². The number of benzene rings is 1. The van der Waals surface area contributed by atoms with E-state index in [1.807, 2.05) is 24.3 Å². The summed E-state index contributed by atoms with van der Waals surface area (Å²) in [7, 11) is 0. The zero-order valence-electron chi connectivity index (χ0n) is 9.71. The minimum atomic E-state index is -0.0437. The number of nitrogen functional groups attached to an aromatic ring is 1. The van der Waals surface area contributed by atoms with E-state index in [0.717, 1.165) is 22.3 Å². The molecule has 0 saturated heterocycles. The number of hydrogen-bond donors (Lipinski definition) is 1. The van der Waals surface area contributed by atoms with Crippen LogP contribution < -0.4 is 5.73 Å². The minimum absolute atomic E-state index is 0.0437. The fourth-order valence-electron chi connectivity index (χ4n) is 1.76. The number of hydrogen-bond acceptors (Lipinski definition) is 2. The molecule has 0 fully saturated rings. The van der Waals surface area contributed by atoms with E-state index in [1.165, 1.54) is 0 Å². The summed E-state index contributed by atoms with van der Waals surface area (Å²) in [4.78, 5) is 4.60. The van der Waals surface area contributed by atoms with Crippen molar-refractivity contribution < 1.29 is 0 Å². The Bertz CT molecular complexity index is 541. The number of nitrogens with two attached hydrogens (primary N) is 1. The maximum atomic E-state index is 6.02. The molecule has 0 aliphatic rings. The fourth-order valence-corrected chi connectivity index (χ4v) is 1.94. The number of anilines is 1. The summed E-state index contributed by atoms with van der Waals surface area (Å²) >= 11 is 5.93. The second-order valence-electron chi connectivity index (χ2n) is 5.01. The Morgan fingerprint density at radius 2 is 1.88 bits per heavy atom. The first-order valence-electron chi connectivity index (χ1n) is 5.24. The maximum absolute atomic E-state index is 6.02. The largest absolute Gasteiger partial charge is 0.397 e. The molecule has 0 aliphatic carbocycles. The molecule has 3 heteroatoms. The van der Waals surface area contributed by atoms with Gasteiger partial charge in [-0.15, -0.1) is 0 Å². The van der Waals surface area contributed by atoms with E-state index in [0.29, 0.717) is 5.02 Å². The molecular weight excluding hydrogens is 220 g/mol. The zero-order chi connectivity index (χ0) is 11.9. The Hall–Kier alpha value is -1.28. The average Bonchev–Trinajstić information content (AvgIpc) is 2.14. The standard InChI is InChI=1S/C13H15ClN2/c1-13(2,3)12-10(15)7-8-6-9(14)4-5-11(8)16-12/h4-7H,15H2,1-3H3. The van der Waals surface area contributed by atoms with Crippen LogP contribution in [0.5, 0.6) is 0 Å². The van der Waals surface area contributed by atoms with Gasteiger partial charge in [0.15, 0.2) is 0 Å². The molecule has 2 nitrogen and oxygen atoms in total. The molecule has 2 aromatic rings. The summed E-state index contributed by atoms with van der Waals surface area (Å²) in [5, 5.41) is 1.69. The molecule has 0 atom stereocenters. The fraction of sp³-hybridized carbons (Fsp3) is 0.308. The second-order valence-corrected chi connectivity index (χ2v) is 5.45. The molecule has 0 aliphatic heterocycles. The van der Waals surface area contributed by atoms with Gasteiger partial charge >= 0.3 is 0 Å². The van der Waals surface area contributed by atoms with Gasteiger partial charge in [0.2, 0.25) is 0 Å². The molecule has 0 spiro atoms. The van der Waals surface area contributed by atoms with E-state index < -0.39 is 0 Å². The first kappa shape index (κ1) is 11.2. The predicted molar refractivity (Wildman–Crippen MR) is 69.9 cm³/mol. The topological polar surface area (TPSA) is 38.9 Å². The van der Waals surface area contributed by atoms with Gasteiger partial charge in [0, 0.05) is 15.8 Å². The van der Waals surface area contributed by atoms with Gasteiger partial charge in [-0.3, -0.25) is 4.98 Å². The second kappa shape index (κ2) is 3.63. The van der Waals surface area contributed by atoms with Crippen molar-refractivity contribution in [1.82, 2.24) is 4.98 Å². The van der Waals surface area contributed by atoms with Crippen molar-refractivity contribution in [3.8, 4) is 0 Å².